The van der Waals surface area contributed by atoms with Gasteiger partial charge in [-0.05, 0) is 51.4 Å². The SMILES string of the molecule is CC(=O)Nc1cc2cc(c1)OCCCCCCCCCCCCCCCCCCCCOc1cc(NC(C)=O)cc(c1)OCCCCCCCCCCCCCCCCCCCCOc1cc(NC(C)=O)cc(c1)OCCCCCCCCCCCCCCCCCCCCOc1cc(NC(C)=O)cc(c1)OCCCCCCCCCCCCCCCCCCCCO2. The smallest absolute Gasteiger partial charge is 0.221 e. The fraction of sp³-hybridized carbons (Fsp3) is 0.750. The summed E-state index contributed by atoms with van der Waals surface area (Å²) in [6.07, 6.45) is 92.0. The summed E-state index contributed by atoms with van der Waals surface area (Å²) in [5.41, 5.74) is 2.89. The van der Waals surface area contributed by atoms with Crippen LogP contribution in [-0.2, 0) is 19.2 Å². The molecular formula is C112H188N4O12. The lowest BCUT2D eigenvalue weighted by Gasteiger charge is -2.13. The molecule has 8 bridgehead atoms. The summed E-state index contributed by atoms with van der Waals surface area (Å²) in [5.74, 6) is 5.68. The minimum atomic E-state index is -0.0953. The molecule has 0 saturated heterocycles. The van der Waals surface area contributed by atoms with Gasteiger partial charge in [-0.1, -0.05) is 411 Å². The number of carbonyl (C=O) groups excluding carboxylic acids is 4. The number of rotatable bonds is 4. The third kappa shape index (κ3) is 67.4. The molecule has 4 amide bonds. The average molecular weight is 1780 g/mol. The van der Waals surface area contributed by atoms with Crippen LogP contribution >= 0.6 is 0 Å². The second kappa shape index (κ2) is 81.0. The van der Waals surface area contributed by atoms with Crippen LogP contribution in [0.4, 0.5) is 22.7 Å². The lowest BCUT2D eigenvalue weighted by atomic mass is 10.0. The van der Waals surface area contributed by atoms with E-state index < -0.39 is 0 Å². The van der Waals surface area contributed by atoms with Gasteiger partial charge >= 0.3 is 0 Å². The van der Waals surface area contributed by atoms with Gasteiger partial charge in [0.05, 0.1) is 52.9 Å². The minimum absolute atomic E-state index is 0.0953. The molecule has 1 aliphatic heterocycles. The highest BCUT2D eigenvalue weighted by molar-refractivity contribution is 5.91. The summed E-state index contributed by atoms with van der Waals surface area (Å²) in [5, 5.41) is 11.7. The lowest BCUT2D eigenvalue weighted by Crippen LogP contribution is -2.07. The summed E-state index contributed by atoms with van der Waals surface area (Å²) in [7, 11) is 0. The number of nitrogens with one attached hydrogen (secondary N) is 4. The molecule has 0 radical (unpaired) electrons. The van der Waals surface area contributed by atoms with Crippen LogP contribution in [0.15, 0.2) is 72.8 Å². The number of benzene rings is 4. The predicted molar refractivity (Wildman–Crippen MR) is 539 cm³/mol. The van der Waals surface area contributed by atoms with Crippen molar-refractivity contribution in [1.29, 1.82) is 0 Å². The Morgan fingerprint density at radius 3 is 0.297 bits per heavy atom. The second-order valence-corrected chi connectivity index (χ2v) is 37.7. The van der Waals surface area contributed by atoms with E-state index in [0.29, 0.717) is 52.9 Å². The molecule has 4 aromatic rings. The Hall–Kier alpha value is -6.84. The van der Waals surface area contributed by atoms with E-state index in [9.17, 15) is 19.2 Å². The molecule has 0 aromatic heterocycles. The zero-order valence-electron chi connectivity index (χ0n) is 82.4. The van der Waals surface area contributed by atoms with E-state index >= 15 is 0 Å². The third-order valence-corrected chi connectivity index (χ3v) is 25.1. The van der Waals surface area contributed by atoms with Crippen molar-refractivity contribution < 1.29 is 57.1 Å². The van der Waals surface area contributed by atoms with E-state index in [2.05, 4.69) is 21.3 Å². The summed E-state index contributed by atoms with van der Waals surface area (Å²) < 4.78 is 49.7. The summed E-state index contributed by atoms with van der Waals surface area (Å²) in [6, 6.07) is 23.2. The molecular weight excluding hydrogens is 1590 g/mol. The van der Waals surface area contributed by atoms with Crippen LogP contribution in [0.25, 0.3) is 0 Å². The molecule has 1 aliphatic rings. The van der Waals surface area contributed by atoms with Crippen LogP contribution in [0.3, 0.4) is 0 Å². The van der Waals surface area contributed by atoms with E-state index in [0.717, 1.165) is 120 Å². The van der Waals surface area contributed by atoms with Crippen molar-refractivity contribution >= 4 is 46.4 Å². The van der Waals surface area contributed by atoms with Gasteiger partial charge in [0.1, 0.15) is 46.0 Å². The van der Waals surface area contributed by atoms with E-state index in [-0.39, 0.29) is 23.6 Å². The van der Waals surface area contributed by atoms with Crippen molar-refractivity contribution in [1.82, 2.24) is 0 Å². The van der Waals surface area contributed by atoms with Gasteiger partial charge in [-0.25, -0.2) is 0 Å². The molecule has 4 aromatic carbocycles. The first-order chi connectivity index (χ1) is 62.9. The van der Waals surface area contributed by atoms with Gasteiger partial charge in [0.15, 0.2) is 0 Å². The maximum atomic E-state index is 12.0. The normalized spacial score (nSPS) is 19.4. The highest BCUT2D eigenvalue weighted by Gasteiger charge is 2.13. The Balaban J connectivity index is 0.906. The first-order valence-electron chi connectivity index (χ1n) is 53.7. The third-order valence-electron chi connectivity index (χ3n) is 25.1. The maximum absolute atomic E-state index is 12.0. The number of carbonyl (C=O) groups is 4. The molecule has 16 nitrogen and oxygen atoms in total. The topological polar surface area (TPSA) is 190 Å². The Labute approximate surface area is 781 Å². The van der Waals surface area contributed by atoms with Crippen molar-refractivity contribution in [2.75, 3.05) is 74.1 Å². The summed E-state index contributed by atoms with van der Waals surface area (Å²) in [4.78, 5) is 47.9. The Morgan fingerprint density at radius 1 is 0.141 bits per heavy atom. The maximum Gasteiger partial charge on any atom is 0.221 e. The standard InChI is InChI=1S/C112H188N4O12/c1-97(117)113-101-85-105-93-106(86-101)122-78-70-62-54-46-38-30-22-14-6-8-16-24-32-40-48-56-64-72-80-124-108-88-103(115-99(3)119)90-110(95-108)126-82-74-66-58-50-42-34-26-18-10-12-20-28-36-44-52-60-68-76-84-128-112-92-104(116-100(4)120)91-111(96-112)127-83-75-67-59-51-43-35-27-19-11-9-17-25-33-41-49-57-65-73-81-125-109-89-102(114-98(2)118)87-107(94-109)123-79-71-63-55-47-39-31-23-15-7-5-13-21-29-37-45-53-61-69-77-121-105/h85-96H,5-84H2,1-4H3,(H,113,117)(H,114,118)(H,115,119)(H,116,120). The van der Waals surface area contributed by atoms with Crippen molar-refractivity contribution in [2.24, 2.45) is 0 Å². The highest BCUT2D eigenvalue weighted by Crippen LogP contribution is 2.33. The van der Waals surface area contributed by atoms with Gasteiger partial charge in [0, 0.05) is 123 Å². The summed E-state index contributed by atoms with van der Waals surface area (Å²) in [6.45, 7) is 11.5. The number of hydrogen-bond donors (Lipinski definition) is 4. The average Bonchev–Trinajstić information content (AvgIpc) is 0.882. The Kier molecular flexibility index (Phi) is 70.6. The molecule has 0 spiro atoms. The Morgan fingerprint density at radius 2 is 0.219 bits per heavy atom. The van der Waals surface area contributed by atoms with E-state index in [1.54, 1.807) is 27.7 Å². The van der Waals surface area contributed by atoms with Crippen LogP contribution in [0.2, 0.25) is 0 Å². The molecule has 4 N–H and O–H groups in total. The molecule has 128 heavy (non-hydrogen) atoms. The van der Waals surface area contributed by atoms with Crippen LogP contribution < -0.4 is 59.2 Å². The van der Waals surface area contributed by atoms with E-state index in [4.69, 9.17) is 37.9 Å². The second-order valence-electron chi connectivity index (χ2n) is 37.7. The number of ether oxygens (including phenoxy) is 8. The number of amides is 4. The van der Waals surface area contributed by atoms with Crippen molar-refractivity contribution in [3.05, 3.63) is 72.8 Å². The first kappa shape index (κ1) is 112. The molecule has 16 heteroatoms. The molecule has 0 atom stereocenters. The van der Waals surface area contributed by atoms with Gasteiger partial charge in [-0.2, -0.15) is 0 Å². The zero-order chi connectivity index (χ0) is 90.8. The monoisotopic (exact) mass is 1780 g/mol. The molecule has 0 fully saturated rings. The fourth-order valence-electron chi connectivity index (χ4n) is 17.7. The van der Waals surface area contributed by atoms with Crippen LogP contribution in [0.1, 0.15) is 490 Å². The number of fused-ring (bicyclic) bond motifs is 8. The predicted octanol–water partition coefficient (Wildman–Crippen LogP) is 33.8. The van der Waals surface area contributed by atoms with Gasteiger partial charge < -0.3 is 59.2 Å². The molecule has 1 heterocycles. The molecule has 0 saturated carbocycles. The van der Waals surface area contributed by atoms with Crippen molar-refractivity contribution in [3.8, 4) is 46.0 Å². The molecule has 728 valence electrons. The molecule has 5 rings (SSSR count). The fourth-order valence-corrected chi connectivity index (χ4v) is 17.7. The van der Waals surface area contributed by atoms with Gasteiger partial charge in [0.25, 0.3) is 0 Å². The van der Waals surface area contributed by atoms with Gasteiger partial charge in [-0.15, -0.1) is 0 Å². The van der Waals surface area contributed by atoms with Crippen molar-refractivity contribution in [3.63, 3.8) is 0 Å². The number of anilines is 4. The Bertz CT molecular complexity index is 2730. The zero-order valence-corrected chi connectivity index (χ0v) is 82.4. The highest BCUT2D eigenvalue weighted by atomic mass is 16.5. The molecule has 0 unspecified atom stereocenters. The first-order valence-corrected chi connectivity index (χ1v) is 53.7. The quantitative estimate of drug-likeness (QED) is 0.151. The minimum Gasteiger partial charge on any atom is -0.493 e. The van der Waals surface area contributed by atoms with Crippen LogP contribution in [-0.4, -0.2) is 76.5 Å². The number of hydrogen-bond acceptors (Lipinski definition) is 12. The largest absolute Gasteiger partial charge is 0.493 e. The van der Waals surface area contributed by atoms with E-state index in [1.165, 1.54) is 411 Å². The van der Waals surface area contributed by atoms with Crippen LogP contribution in [0.5, 0.6) is 46.0 Å². The molecule has 0 aliphatic carbocycles. The van der Waals surface area contributed by atoms with Gasteiger partial charge in [-0.3, -0.25) is 19.2 Å². The van der Waals surface area contributed by atoms with Gasteiger partial charge in [0.2, 0.25) is 23.6 Å². The van der Waals surface area contributed by atoms with E-state index in [1.807, 2.05) is 72.8 Å². The lowest BCUT2D eigenvalue weighted by molar-refractivity contribution is -0.115. The summed E-state index contributed by atoms with van der Waals surface area (Å²) >= 11 is 0. The van der Waals surface area contributed by atoms with Crippen LogP contribution in [0, 0.1) is 0 Å². The van der Waals surface area contributed by atoms with Crippen molar-refractivity contribution in [2.45, 2.75) is 490 Å².